The number of nitrogens with one attached hydrogen (secondary N) is 1. The van der Waals surface area contributed by atoms with Crippen LogP contribution in [0.5, 0.6) is 11.5 Å². The van der Waals surface area contributed by atoms with Crippen molar-refractivity contribution in [1.29, 1.82) is 0 Å². The predicted molar refractivity (Wildman–Crippen MR) is 172 cm³/mol. The molecule has 3 rings (SSSR count). The molecule has 0 aliphatic rings. The molecular formula is C32H40BrN3O6S. The molecule has 43 heavy (non-hydrogen) atoms. The second kappa shape index (κ2) is 13.8. The maximum Gasteiger partial charge on any atom is 0.264 e. The van der Waals surface area contributed by atoms with Crippen LogP contribution in [-0.2, 0) is 26.2 Å². The van der Waals surface area contributed by atoms with Gasteiger partial charge >= 0.3 is 0 Å². The molecule has 2 amide bonds. The van der Waals surface area contributed by atoms with E-state index in [0.717, 1.165) is 25.5 Å². The van der Waals surface area contributed by atoms with E-state index in [0.29, 0.717) is 11.4 Å². The van der Waals surface area contributed by atoms with Gasteiger partial charge in [-0.15, -0.1) is 0 Å². The average molecular weight is 675 g/mol. The van der Waals surface area contributed by atoms with Crippen molar-refractivity contribution in [1.82, 2.24) is 10.2 Å². The molecule has 3 aromatic rings. The fourth-order valence-electron chi connectivity index (χ4n) is 4.62. The maximum atomic E-state index is 14.2. The first-order chi connectivity index (χ1) is 20.0. The highest BCUT2D eigenvalue weighted by atomic mass is 79.9. The van der Waals surface area contributed by atoms with Gasteiger partial charge < -0.3 is 19.7 Å². The minimum absolute atomic E-state index is 0.0748. The summed E-state index contributed by atoms with van der Waals surface area (Å²) in [5.74, 6) is -0.287. The van der Waals surface area contributed by atoms with Crippen LogP contribution in [0.1, 0.15) is 44.4 Å². The highest BCUT2D eigenvalue weighted by Gasteiger charge is 2.34. The summed E-state index contributed by atoms with van der Waals surface area (Å²) in [6.07, 6.45) is 0. The lowest BCUT2D eigenvalue weighted by Crippen LogP contribution is -2.54. The topological polar surface area (TPSA) is 105 Å². The second-order valence-electron chi connectivity index (χ2n) is 11.4. The van der Waals surface area contributed by atoms with Crippen LogP contribution < -0.4 is 19.1 Å². The van der Waals surface area contributed by atoms with Gasteiger partial charge in [0.05, 0.1) is 24.8 Å². The molecule has 0 aliphatic heterocycles. The Hall–Kier alpha value is -3.57. The van der Waals surface area contributed by atoms with Gasteiger partial charge in [-0.05, 0) is 94.6 Å². The third-order valence-corrected chi connectivity index (χ3v) is 8.89. The molecule has 232 valence electrons. The number of anilines is 1. The Morgan fingerprint density at radius 3 is 2.12 bits per heavy atom. The first kappa shape index (κ1) is 33.9. The summed E-state index contributed by atoms with van der Waals surface area (Å²) in [4.78, 5) is 28.8. The summed E-state index contributed by atoms with van der Waals surface area (Å²) >= 11 is 3.46. The van der Waals surface area contributed by atoms with E-state index in [4.69, 9.17) is 9.47 Å². The van der Waals surface area contributed by atoms with Gasteiger partial charge in [-0.25, -0.2) is 8.42 Å². The molecule has 0 spiro atoms. The lowest BCUT2D eigenvalue weighted by molar-refractivity contribution is -0.140. The Morgan fingerprint density at radius 2 is 1.56 bits per heavy atom. The number of carbonyl (C=O) groups is 2. The van der Waals surface area contributed by atoms with Crippen LogP contribution in [0.15, 0.2) is 70.0 Å². The molecule has 1 unspecified atom stereocenters. The summed E-state index contributed by atoms with van der Waals surface area (Å²) < 4.78 is 41.0. The van der Waals surface area contributed by atoms with Gasteiger partial charge in [0, 0.05) is 22.6 Å². The van der Waals surface area contributed by atoms with Gasteiger partial charge in [0.2, 0.25) is 11.8 Å². The minimum atomic E-state index is -4.29. The largest absolute Gasteiger partial charge is 0.493 e. The van der Waals surface area contributed by atoms with Crippen LogP contribution >= 0.6 is 15.9 Å². The van der Waals surface area contributed by atoms with Crippen molar-refractivity contribution in [2.75, 3.05) is 25.1 Å². The first-order valence-electron chi connectivity index (χ1n) is 13.7. The van der Waals surface area contributed by atoms with Crippen LogP contribution in [0.3, 0.4) is 0 Å². The molecule has 3 aromatic carbocycles. The Bertz CT molecular complexity index is 1570. The summed E-state index contributed by atoms with van der Waals surface area (Å²) in [6, 6.07) is 16.2. The van der Waals surface area contributed by atoms with Gasteiger partial charge in [-0.1, -0.05) is 34.1 Å². The minimum Gasteiger partial charge on any atom is -0.493 e. The maximum absolute atomic E-state index is 14.2. The first-order valence-corrected chi connectivity index (χ1v) is 16.0. The fourth-order valence-corrected chi connectivity index (χ4v) is 6.48. The van der Waals surface area contributed by atoms with Crippen molar-refractivity contribution in [2.24, 2.45) is 0 Å². The SMILES string of the molecule is COc1ccc(S(=O)(=O)N(CC(=O)N(Cc2cccc(Br)c2)C(C)C(=O)NC(C)(C)C)c2cc(C)cc(C)c2)cc1OC. The van der Waals surface area contributed by atoms with E-state index in [1.807, 2.05) is 65.0 Å². The molecule has 1 atom stereocenters. The van der Waals surface area contributed by atoms with Crippen LogP contribution in [0, 0.1) is 13.8 Å². The smallest absolute Gasteiger partial charge is 0.264 e. The van der Waals surface area contributed by atoms with Crippen molar-refractivity contribution >= 4 is 43.5 Å². The number of methoxy groups -OCH3 is 2. The number of amides is 2. The molecule has 11 heteroatoms. The third kappa shape index (κ3) is 8.73. The monoisotopic (exact) mass is 673 g/mol. The Labute approximate surface area is 263 Å². The van der Waals surface area contributed by atoms with Crippen molar-refractivity contribution in [3.8, 4) is 11.5 Å². The van der Waals surface area contributed by atoms with Gasteiger partial charge in [0.15, 0.2) is 11.5 Å². The standard InChI is InChI=1S/C32H40BrN3O6S/c1-21-14-22(2)16-26(15-21)36(43(39,40)27-12-13-28(41-7)29(18-27)42-8)20-30(37)35(19-24-10-9-11-25(33)17-24)23(3)31(38)34-32(4,5)6/h9-18,23H,19-20H2,1-8H3,(H,34,38). The third-order valence-electron chi connectivity index (χ3n) is 6.62. The number of aryl methyl sites for hydroxylation is 2. The van der Waals surface area contributed by atoms with E-state index in [9.17, 15) is 18.0 Å². The van der Waals surface area contributed by atoms with E-state index in [1.54, 1.807) is 19.1 Å². The van der Waals surface area contributed by atoms with E-state index < -0.39 is 34.1 Å². The zero-order valence-electron chi connectivity index (χ0n) is 25.9. The number of benzene rings is 3. The number of rotatable bonds is 11. The average Bonchev–Trinajstić information content (AvgIpc) is 2.92. The highest BCUT2D eigenvalue weighted by molar-refractivity contribution is 9.10. The fraction of sp³-hybridized carbons (Fsp3) is 0.375. The van der Waals surface area contributed by atoms with Crippen molar-refractivity contribution in [2.45, 2.75) is 64.6 Å². The van der Waals surface area contributed by atoms with Gasteiger partial charge in [0.1, 0.15) is 12.6 Å². The van der Waals surface area contributed by atoms with Crippen molar-refractivity contribution in [3.63, 3.8) is 0 Å². The van der Waals surface area contributed by atoms with Gasteiger partial charge in [-0.3, -0.25) is 13.9 Å². The van der Waals surface area contributed by atoms with E-state index >= 15 is 0 Å². The predicted octanol–water partition coefficient (Wildman–Crippen LogP) is 5.61. The van der Waals surface area contributed by atoms with E-state index in [2.05, 4.69) is 21.2 Å². The highest BCUT2D eigenvalue weighted by Crippen LogP contribution is 2.33. The summed E-state index contributed by atoms with van der Waals surface area (Å²) in [6.45, 7) is 10.5. The van der Waals surface area contributed by atoms with Crippen LogP contribution in [0.4, 0.5) is 5.69 Å². The molecule has 0 aromatic heterocycles. The molecule has 0 saturated heterocycles. The number of hydrogen-bond acceptors (Lipinski definition) is 6. The summed E-state index contributed by atoms with van der Waals surface area (Å²) in [5.41, 5.74) is 2.24. The normalized spacial score (nSPS) is 12.3. The zero-order valence-corrected chi connectivity index (χ0v) is 28.3. The number of sulfonamides is 1. The zero-order chi connectivity index (χ0) is 32.1. The molecule has 0 heterocycles. The number of nitrogens with zero attached hydrogens (tertiary/aromatic N) is 2. The Balaban J connectivity index is 2.12. The van der Waals surface area contributed by atoms with Crippen LogP contribution in [0.25, 0.3) is 0 Å². The summed E-state index contributed by atoms with van der Waals surface area (Å²) in [7, 11) is -1.40. The van der Waals surface area contributed by atoms with Crippen molar-refractivity contribution < 1.29 is 27.5 Å². The number of ether oxygens (including phenoxy) is 2. The van der Waals surface area contributed by atoms with Crippen LogP contribution in [-0.4, -0.2) is 57.5 Å². The molecule has 0 bridgehead atoms. The Kier molecular flexibility index (Phi) is 10.9. The van der Waals surface area contributed by atoms with Gasteiger partial charge in [-0.2, -0.15) is 0 Å². The number of halogens is 1. The molecule has 0 fully saturated rings. The molecule has 0 aliphatic carbocycles. The van der Waals surface area contributed by atoms with Gasteiger partial charge in [0.25, 0.3) is 10.0 Å². The molecule has 0 radical (unpaired) electrons. The number of hydrogen-bond donors (Lipinski definition) is 1. The Morgan fingerprint density at radius 1 is 0.930 bits per heavy atom. The lowest BCUT2D eigenvalue weighted by atomic mass is 10.1. The van der Waals surface area contributed by atoms with Crippen molar-refractivity contribution in [3.05, 3.63) is 81.8 Å². The van der Waals surface area contributed by atoms with Crippen LogP contribution in [0.2, 0.25) is 0 Å². The molecule has 9 nitrogen and oxygen atoms in total. The molecule has 0 saturated carbocycles. The number of carbonyl (C=O) groups excluding carboxylic acids is 2. The quantitative estimate of drug-likeness (QED) is 0.284. The second-order valence-corrected chi connectivity index (χ2v) is 14.2. The van der Waals surface area contributed by atoms with E-state index in [-0.39, 0.29) is 23.1 Å². The summed E-state index contributed by atoms with van der Waals surface area (Å²) in [5, 5.41) is 2.93. The molecular weight excluding hydrogens is 634 g/mol. The molecule has 1 N–H and O–H groups in total. The lowest BCUT2D eigenvalue weighted by Gasteiger charge is -2.33. The van der Waals surface area contributed by atoms with E-state index in [1.165, 1.54) is 37.3 Å².